The van der Waals surface area contributed by atoms with Gasteiger partial charge < -0.3 is 14.8 Å². The van der Waals surface area contributed by atoms with E-state index >= 15 is 0 Å². The fourth-order valence-corrected chi connectivity index (χ4v) is 3.94. The molecule has 2 rings (SSSR count). The molecule has 1 aromatic carbocycles. The topological polar surface area (TPSA) is 47.6 Å². The van der Waals surface area contributed by atoms with Crippen LogP contribution in [0.3, 0.4) is 0 Å². The number of methoxy groups -OCH3 is 2. The van der Waals surface area contributed by atoms with Crippen LogP contribution in [0.1, 0.15) is 19.3 Å². The fourth-order valence-electron chi connectivity index (χ4n) is 2.66. The number of ether oxygens (including phenoxy) is 2. The molecule has 1 aliphatic rings. The second-order valence-electron chi connectivity index (χ2n) is 4.98. The van der Waals surface area contributed by atoms with Crippen molar-refractivity contribution in [2.24, 2.45) is 0 Å². The van der Waals surface area contributed by atoms with Gasteiger partial charge in [0.1, 0.15) is 11.3 Å². The van der Waals surface area contributed by atoms with Crippen molar-refractivity contribution >= 4 is 17.7 Å². The second-order valence-corrected chi connectivity index (χ2v) is 6.36. The molecule has 1 saturated carbocycles. The van der Waals surface area contributed by atoms with Gasteiger partial charge in [-0.1, -0.05) is 0 Å². The van der Waals surface area contributed by atoms with Gasteiger partial charge >= 0.3 is 5.97 Å². The summed E-state index contributed by atoms with van der Waals surface area (Å²) < 4.78 is 10.1. The molecule has 1 aromatic rings. The van der Waals surface area contributed by atoms with E-state index in [9.17, 15) is 4.79 Å². The van der Waals surface area contributed by atoms with Crippen LogP contribution in [0.25, 0.3) is 0 Å². The lowest BCUT2D eigenvalue weighted by Crippen LogP contribution is -2.49. The molecule has 1 aliphatic carbocycles. The Bertz CT molecular complexity index is 463. The molecule has 2 atom stereocenters. The van der Waals surface area contributed by atoms with Crippen LogP contribution in [-0.2, 0) is 9.53 Å². The maximum Gasteiger partial charge on any atom is 0.326 e. The molecular weight excluding hydrogens is 274 g/mol. The predicted octanol–water partition coefficient (Wildman–Crippen LogP) is 2.47. The van der Waals surface area contributed by atoms with E-state index in [1.165, 1.54) is 12.0 Å². The highest BCUT2D eigenvalue weighted by Crippen LogP contribution is 2.40. The van der Waals surface area contributed by atoms with Gasteiger partial charge in [-0.05, 0) is 50.6 Å². The van der Waals surface area contributed by atoms with Gasteiger partial charge in [-0.25, -0.2) is 0 Å². The van der Waals surface area contributed by atoms with Gasteiger partial charge in [0, 0.05) is 10.1 Å². The van der Waals surface area contributed by atoms with E-state index in [-0.39, 0.29) is 5.97 Å². The molecule has 110 valence electrons. The molecule has 0 aliphatic heterocycles. The van der Waals surface area contributed by atoms with Gasteiger partial charge in [-0.3, -0.25) is 4.79 Å². The molecular formula is C15H21NO3S. The van der Waals surface area contributed by atoms with E-state index in [4.69, 9.17) is 9.47 Å². The number of hydrogen-bond donors (Lipinski definition) is 1. The summed E-state index contributed by atoms with van der Waals surface area (Å²) in [5, 5.41) is 3.58. The van der Waals surface area contributed by atoms with Crippen LogP contribution >= 0.6 is 11.8 Å². The molecule has 1 N–H and O–H groups in total. The van der Waals surface area contributed by atoms with Gasteiger partial charge in [0.25, 0.3) is 0 Å². The summed E-state index contributed by atoms with van der Waals surface area (Å²) in [6.45, 7) is 0. The normalized spacial score (nSPS) is 25.4. The maximum absolute atomic E-state index is 11.9. The molecule has 0 aromatic heterocycles. The molecule has 0 bridgehead atoms. The van der Waals surface area contributed by atoms with Crippen LogP contribution in [0.2, 0.25) is 0 Å². The Morgan fingerprint density at radius 2 is 2.05 bits per heavy atom. The Labute approximate surface area is 124 Å². The van der Waals surface area contributed by atoms with Crippen LogP contribution in [0.4, 0.5) is 0 Å². The van der Waals surface area contributed by atoms with Crippen LogP contribution in [0, 0.1) is 0 Å². The quantitative estimate of drug-likeness (QED) is 0.846. The number of nitrogens with one attached hydrogen (secondary N) is 1. The standard InChI is InChI=1S/C15H21NO3S/c1-16-15(14(17)19-3)9-8-13(10-15)20-12-6-4-11(18-2)5-7-12/h4-7,13,16H,8-10H2,1-3H3. The van der Waals surface area contributed by atoms with E-state index in [2.05, 4.69) is 17.4 Å². The second kappa shape index (κ2) is 6.50. The predicted molar refractivity (Wildman–Crippen MR) is 80.3 cm³/mol. The third kappa shape index (κ3) is 3.10. The number of thioether (sulfide) groups is 1. The number of carbonyl (C=O) groups is 1. The number of hydrogen-bond acceptors (Lipinski definition) is 5. The zero-order valence-corrected chi connectivity index (χ0v) is 13.0. The first kappa shape index (κ1) is 15.2. The van der Waals surface area contributed by atoms with Crippen molar-refractivity contribution in [2.75, 3.05) is 21.3 Å². The van der Waals surface area contributed by atoms with Crippen molar-refractivity contribution in [3.05, 3.63) is 24.3 Å². The Morgan fingerprint density at radius 1 is 1.35 bits per heavy atom. The smallest absolute Gasteiger partial charge is 0.326 e. The van der Waals surface area contributed by atoms with Crippen molar-refractivity contribution in [3.63, 3.8) is 0 Å². The average Bonchev–Trinajstić information content (AvgIpc) is 2.91. The SMILES string of the molecule is CNC1(C(=O)OC)CCC(Sc2ccc(OC)cc2)C1. The molecule has 0 amide bonds. The molecule has 4 nitrogen and oxygen atoms in total. The number of likely N-dealkylation sites (N-methyl/N-ethyl adjacent to an activating group) is 1. The fraction of sp³-hybridized carbons (Fsp3) is 0.533. The van der Waals surface area contributed by atoms with Gasteiger partial charge in [0.05, 0.1) is 14.2 Å². The summed E-state index contributed by atoms with van der Waals surface area (Å²) in [7, 11) is 4.94. The first-order chi connectivity index (χ1) is 9.63. The summed E-state index contributed by atoms with van der Waals surface area (Å²) in [6, 6.07) is 8.04. The summed E-state index contributed by atoms with van der Waals surface area (Å²) in [4.78, 5) is 13.1. The molecule has 20 heavy (non-hydrogen) atoms. The number of esters is 1. The molecule has 2 unspecified atom stereocenters. The number of carbonyl (C=O) groups excluding carboxylic acids is 1. The minimum absolute atomic E-state index is 0.155. The van der Waals surface area contributed by atoms with Crippen LogP contribution in [-0.4, -0.2) is 38.0 Å². The molecule has 5 heteroatoms. The first-order valence-electron chi connectivity index (χ1n) is 6.71. The third-order valence-corrected chi connectivity index (χ3v) is 5.17. The number of benzene rings is 1. The highest BCUT2D eigenvalue weighted by atomic mass is 32.2. The van der Waals surface area contributed by atoms with Crippen LogP contribution in [0.15, 0.2) is 29.2 Å². The molecule has 0 saturated heterocycles. The summed E-state index contributed by atoms with van der Waals surface area (Å²) in [5.41, 5.74) is -0.515. The van der Waals surface area contributed by atoms with E-state index in [0.29, 0.717) is 5.25 Å². The Balaban J connectivity index is 2.00. The third-order valence-electron chi connectivity index (χ3n) is 3.89. The Hall–Kier alpha value is -1.20. The highest BCUT2D eigenvalue weighted by molar-refractivity contribution is 8.00. The summed E-state index contributed by atoms with van der Waals surface area (Å²) in [5.74, 6) is 0.706. The lowest BCUT2D eigenvalue weighted by atomic mass is 9.98. The monoisotopic (exact) mass is 295 g/mol. The van der Waals surface area contributed by atoms with Crippen LogP contribution < -0.4 is 10.1 Å². The minimum Gasteiger partial charge on any atom is -0.497 e. The Kier molecular flexibility index (Phi) is 4.94. The van der Waals surface area contributed by atoms with Crippen molar-refractivity contribution in [1.29, 1.82) is 0 Å². The van der Waals surface area contributed by atoms with Gasteiger partial charge in [-0.2, -0.15) is 0 Å². The molecule has 0 heterocycles. The van der Waals surface area contributed by atoms with Gasteiger partial charge in [0.15, 0.2) is 0 Å². The first-order valence-corrected chi connectivity index (χ1v) is 7.59. The van der Waals surface area contributed by atoms with Crippen molar-refractivity contribution < 1.29 is 14.3 Å². The molecule has 0 radical (unpaired) electrons. The maximum atomic E-state index is 11.9. The lowest BCUT2D eigenvalue weighted by Gasteiger charge is -2.25. The van der Waals surface area contributed by atoms with Crippen LogP contribution in [0.5, 0.6) is 5.75 Å². The van der Waals surface area contributed by atoms with E-state index in [1.807, 2.05) is 30.9 Å². The number of rotatable bonds is 5. The highest BCUT2D eigenvalue weighted by Gasteiger charge is 2.45. The summed E-state index contributed by atoms with van der Waals surface area (Å²) >= 11 is 1.81. The van der Waals surface area contributed by atoms with Crippen molar-refractivity contribution in [1.82, 2.24) is 5.32 Å². The largest absolute Gasteiger partial charge is 0.497 e. The van der Waals surface area contributed by atoms with Gasteiger partial charge in [0.2, 0.25) is 0 Å². The van der Waals surface area contributed by atoms with Crippen molar-refractivity contribution in [3.8, 4) is 5.75 Å². The van der Waals surface area contributed by atoms with E-state index < -0.39 is 5.54 Å². The molecule has 1 fully saturated rings. The zero-order chi connectivity index (χ0) is 14.6. The summed E-state index contributed by atoms with van der Waals surface area (Å²) in [6.07, 6.45) is 2.63. The lowest BCUT2D eigenvalue weighted by molar-refractivity contribution is -0.148. The molecule has 0 spiro atoms. The zero-order valence-electron chi connectivity index (χ0n) is 12.1. The van der Waals surface area contributed by atoms with E-state index in [1.54, 1.807) is 7.11 Å². The van der Waals surface area contributed by atoms with E-state index in [0.717, 1.165) is 25.0 Å². The van der Waals surface area contributed by atoms with Gasteiger partial charge in [-0.15, -0.1) is 11.8 Å². The average molecular weight is 295 g/mol. The minimum atomic E-state index is -0.515. The Morgan fingerprint density at radius 3 is 2.60 bits per heavy atom. The van der Waals surface area contributed by atoms with Crippen molar-refractivity contribution in [2.45, 2.75) is 34.9 Å².